The topological polar surface area (TPSA) is 68.0 Å². The lowest BCUT2D eigenvalue weighted by Gasteiger charge is -2.33. The number of likely N-dealkylation sites (tertiary alicyclic amines) is 1. The number of amides is 1. The van der Waals surface area contributed by atoms with E-state index in [0.717, 1.165) is 70.0 Å². The van der Waals surface area contributed by atoms with Gasteiger partial charge in [0.25, 0.3) is 0 Å². The van der Waals surface area contributed by atoms with E-state index in [1.54, 1.807) is 0 Å². The van der Waals surface area contributed by atoms with Crippen LogP contribution < -0.4 is 5.32 Å². The minimum absolute atomic E-state index is 0.322. The lowest BCUT2D eigenvalue weighted by molar-refractivity contribution is -0.134. The van der Waals surface area contributed by atoms with E-state index >= 15 is 0 Å². The first kappa shape index (κ1) is 16.1. The van der Waals surface area contributed by atoms with Gasteiger partial charge in [-0.25, -0.2) is 4.98 Å². The highest BCUT2D eigenvalue weighted by molar-refractivity contribution is 5.81. The van der Waals surface area contributed by atoms with Crippen molar-refractivity contribution in [1.29, 1.82) is 0 Å². The number of nitrogens with zero attached hydrogens (tertiary/aromatic N) is 5. The largest absolute Gasteiger partial charge is 0.342 e. The molecule has 1 saturated heterocycles. The van der Waals surface area contributed by atoms with Gasteiger partial charge in [-0.05, 0) is 37.7 Å². The number of fused-ring (bicyclic) bond motifs is 1. The van der Waals surface area contributed by atoms with Crippen molar-refractivity contribution in [3.8, 4) is 11.5 Å². The zero-order valence-corrected chi connectivity index (χ0v) is 15.1. The molecule has 1 atom stereocenters. The maximum absolute atomic E-state index is 12.4. The average molecular weight is 354 g/mol. The predicted octanol–water partition coefficient (Wildman–Crippen LogP) is 1.50. The molecule has 2 aliphatic heterocycles. The van der Waals surface area contributed by atoms with Gasteiger partial charge < -0.3 is 14.8 Å². The maximum Gasteiger partial charge on any atom is 0.225 e. The van der Waals surface area contributed by atoms with Crippen molar-refractivity contribution in [1.82, 2.24) is 29.5 Å². The predicted molar refractivity (Wildman–Crippen MR) is 97.2 cm³/mol. The van der Waals surface area contributed by atoms with Gasteiger partial charge in [-0.15, -0.1) is 0 Å². The number of aromatic nitrogens is 4. The highest BCUT2D eigenvalue weighted by Crippen LogP contribution is 2.33. The third kappa shape index (κ3) is 3.05. The number of nitrogens with one attached hydrogen (secondary N) is 1. The molecule has 1 N–H and O–H groups in total. The molecule has 1 saturated carbocycles. The zero-order chi connectivity index (χ0) is 17.5. The molecule has 138 valence electrons. The van der Waals surface area contributed by atoms with Crippen molar-refractivity contribution in [3.05, 3.63) is 24.2 Å². The first-order valence-corrected chi connectivity index (χ1v) is 9.85. The summed E-state index contributed by atoms with van der Waals surface area (Å²) < 4.78 is 4.30. The summed E-state index contributed by atoms with van der Waals surface area (Å²) in [5.74, 6) is 2.15. The molecular formula is C19H26N6O. The standard InChI is InChI=1S/C19H26N6O/c26-19(15-3-4-15)24-7-1-2-14(13-24)12-23-8-6-21-18(23)17-10-16-11-20-5-9-25(16)22-17/h6,8,10,14-15,20H,1-5,7,9,11-13H2/t14-/m1/s1. The molecule has 4 heterocycles. The van der Waals surface area contributed by atoms with Gasteiger partial charge in [0.05, 0.1) is 12.2 Å². The number of carbonyl (C=O) groups is 1. The highest BCUT2D eigenvalue weighted by atomic mass is 16.2. The summed E-state index contributed by atoms with van der Waals surface area (Å²) >= 11 is 0. The molecule has 0 bridgehead atoms. The van der Waals surface area contributed by atoms with Crippen LogP contribution >= 0.6 is 0 Å². The van der Waals surface area contributed by atoms with Crippen LogP contribution in [0.2, 0.25) is 0 Å². The first-order valence-electron chi connectivity index (χ1n) is 9.85. The fraction of sp³-hybridized carbons (Fsp3) is 0.632. The van der Waals surface area contributed by atoms with E-state index in [1.165, 1.54) is 12.1 Å². The molecule has 3 aliphatic rings. The number of piperidine rings is 1. The SMILES string of the molecule is O=C(C1CC1)N1CCC[C@H](Cn2ccnc2-c2cc3n(n2)CCNC3)C1. The van der Waals surface area contributed by atoms with E-state index in [0.29, 0.717) is 17.7 Å². The Morgan fingerprint density at radius 2 is 2.19 bits per heavy atom. The average Bonchev–Trinajstić information content (AvgIpc) is 3.26. The van der Waals surface area contributed by atoms with Crippen LogP contribution in [0.25, 0.3) is 11.5 Å². The molecule has 7 nitrogen and oxygen atoms in total. The van der Waals surface area contributed by atoms with Gasteiger partial charge in [0, 0.05) is 51.0 Å². The van der Waals surface area contributed by atoms with Gasteiger partial charge in [-0.3, -0.25) is 9.48 Å². The Morgan fingerprint density at radius 3 is 3.04 bits per heavy atom. The number of rotatable bonds is 4. The van der Waals surface area contributed by atoms with Crippen molar-refractivity contribution in [3.63, 3.8) is 0 Å². The summed E-state index contributed by atoms with van der Waals surface area (Å²) in [6.07, 6.45) is 8.37. The Labute approximate surface area is 153 Å². The number of carbonyl (C=O) groups excluding carboxylic acids is 1. The van der Waals surface area contributed by atoms with Crippen LogP contribution in [-0.4, -0.2) is 49.8 Å². The van der Waals surface area contributed by atoms with Gasteiger partial charge in [0.2, 0.25) is 5.91 Å². The van der Waals surface area contributed by atoms with E-state index < -0.39 is 0 Å². The first-order chi connectivity index (χ1) is 12.8. The summed E-state index contributed by atoms with van der Waals surface area (Å²) in [4.78, 5) is 19.1. The molecule has 2 aromatic rings. The van der Waals surface area contributed by atoms with Gasteiger partial charge in [-0.2, -0.15) is 5.10 Å². The summed E-state index contributed by atoms with van der Waals surface area (Å²) in [6.45, 7) is 5.48. The van der Waals surface area contributed by atoms with Crippen molar-refractivity contribution >= 4 is 5.91 Å². The summed E-state index contributed by atoms with van der Waals surface area (Å²) in [5, 5.41) is 8.13. The lowest BCUT2D eigenvalue weighted by Crippen LogP contribution is -2.41. The molecule has 0 unspecified atom stereocenters. The minimum atomic E-state index is 0.322. The number of hydrogen-bond acceptors (Lipinski definition) is 4. The van der Waals surface area contributed by atoms with E-state index in [2.05, 4.69) is 30.5 Å². The summed E-state index contributed by atoms with van der Waals surface area (Å²) in [7, 11) is 0. The molecular weight excluding hydrogens is 328 g/mol. The fourth-order valence-corrected chi connectivity index (χ4v) is 4.27. The Morgan fingerprint density at radius 1 is 1.27 bits per heavy atom. The summed E-state index contributed by atoms with van der Waals surface area (Å²) in [5.41, 5.74) is 2.18. The third-order valence-corrected chi connectivity index (χ3v) is 5.83. The van der Waals surface area contributed by atoms with E-state index in [1.807, 2.05) is 12.4 Å². The van der Waals surface area contributed by atoms with E-state index in [9.17, 15) is 4.79 Å². The third-order valence-electron chi connectivity index (χ3n) is 5.83. The molecule has 2 fully saturated rings. The second-order valence-electron chi connectivity index (χ2n) is 7.89. The number of imidazole rings is 1. The maximum atomic E-state index is 12.4. The van der Waals surface area contributed by atoms with Crippen molar-refractivity contribution < 1.29 is 4.79 Å². The second-order valence-corrected chi connectivity index (χ2v) is 7.89. The van der Waals surface area contributed by atoms with E-state index in [-0.39, 0.29) is 0 Å². The van der Waals surface area contributed by atoms with Crippen LogP contribution in [0.1, 0.15) is 31.4 Å². The lowest BCUT2D eigenvalue weighted by atomic mass is 9.97. The zero-order valence-electron chi connectivity index (χ0n) is 15.1. The smallest absolute Gasteiger partial charge is 0.225 e. The van der Waals surface area contributed by atoms with Gasteiger partial charge in [0.1, 0.15) is 5.69 Å². The molecule has 0 spiro atoms. The van der Waals surface area contributed by atoms with Gasteiger partial charge >= 0.3 is 0 Å². The van der Waals surface area contributed by atoms with Crippen LogP contribution in [-0.2, 0) is 24.4 Å². The Bertz CT molecular complexity index is 781. The normalized spacial score (nSPS) is 23.1. The molecule has 1 aliphatic carbocycles. The van der Waals surface area contributed by atoms with Crippen molar-refractivity contribution in [2.45, 2.75) is 45.3 Å². The number of hydrogen-bond donors (Lipinski definition) is 1. The van der Waals surface area contributed by atoms with Crippen LogP contribution in [0.3, 0.4) is 0 Å². The fourth-order valence-electron chi connectivity index (χ4n) is 4.27. The monoisotopic (exact) mass is 354 g/mol. The van der Waals surface area contributed by atoms with Crippen molar-refractivity contribution in [2.24, 2.45) is 11.8 Å². The highest BCUT2D eigenvalue weighted by Gasteiger charge is 2.35. The van der Waals surface area contributed by atoms with E-state index in [4.69, 9.17) is 5.10 Å². The Hall–Kier alpha value is -2.15. The van der Waals surface area contributed by atoms with Gasteiger partial charge in [0.15, 0.2) is 5.82 Å². The molecule has 0 radical (unpaired) electrons. The molecule has 0 aromatic carbocycles. The van der Waals surface area contributed by atoms with Crippen LogP contribution in [0, 0.1) is 11.8 Å². The van der Waals surface area contributed by atoms with Crippen molar-refractivity contribution in [2.75, 3.05) is 19.6 Å². The quantitative estimate of drug-likeness (QED) is 0.903. The molecule has 1 amide bonds. The molecule has 2 aromatic heterocycles. The summed E-state index contributed by atoms with van der Waals surface area (Å²) in [6, 6.07) is 2.15. The minimum Gasteiger partial charge on any atom is -0.342 e. The Kier molecular flexibility index (Phi) is 4.04. The van der Waals surface area contributed by atoms with Crippen LogP contribution in [0.15, 0.2) is 18.5 Å². The molecule has 7 heteroatoms. The molecule has 26 heavy (non-hydrogen) atoms. The van der Waals surface area contributed by atoms with Gasteiger partial charge in [-0.1, -0.05) is 0 Å². The van der Waals surface area contributed by atoms with Crippen LogP contribution in [0.4, 0.5) is 0 Å². The Balaban J connectivity index is 1.31. The second kappa shape index (κ2) is 6.54. The van der Waals surface area contributed by atoms with Crippen LogP contribution in [0.5, 0.6) is 0 Å². The molecule has 5 rings (SSSR count).